The third-order valence-corrected chi connectivity index (χ3v) is 5.02. The zero-order valence-electron chi connectivity index (χ0n) is 15.7. The molecule has 1 fully saturated rings. The predicted octanol–water partition coefficient (Wildman–Crippen LogP) is 3.57. The van der Waals surface area contributed by atoms with E-state index in [1.165, 1.54) is 12.1 Å². The van der Waals surface area contributed by atoms with Crippen LogP contribution in [-0.4, -0.2) is 35.8 Å². The van der Waals surface area contributed by atoms with Gasteiger partial charge in [-0.2, -0.15) is 0 Å². The van der Waals surface area contributed by atoms with Crippen molar-refractivity contribution in [2.45, 2.75) is 19.4 Å². The van der Waals surface area contributed by atoms with E-state index in [1.54, 1.807) is 4.90 Å². The average molecular weight is 419 g/mol. The Bertz CT molecular complexity index is 922. The van der Waals surface area contributed by atoms with Gasteiger partial charge in [-0.05, 0) is 30.7 Å². The van der Waals surface area contributed by atoms with E-state index in [0.29, 0.717) is 0 Å². The van der Waals surface area contributed by atoms with Crippen molar-refractivity contribution in [3.05, 3.63) is 64.9 Å². The second-order valence-corrected chi connectivity index (χ2v) is 7.25. The molecule has 152 valence electrons. The number of hydrogen-bond donors (Lipinski definition) is 1. The molecule has 1 heterocycles. The fraction of sp³-hybridized carbons (Fsp3) is 0.286. The molecule has 0 radical (unpaired) electrons. The first-order chi connectivity index (χ1) is 13.8. The van der Waals surface area contributed by atoms with E-state index < -0.39 is 30.2 Å². The van der Waals surface area contributed by atoms with Gasteiger partial charge in [0.05, 0.1) is 17.6 Å². The third-order valence-electron chi connectivity index (χ3n) is 4.79. The molecule has 1 N–H and O–H groups in total. The van der Waals surface area contributed by atoms with Gasteiger partial charge >= 0.3 is 5.97 Å². The molecule has 1 aliphatic rings. The van der Waals surface area contributed by atoms with E-state index in [4.69, 9.17) is 16.3 Å². The Morgan fingerprint density at radius 3 is 2.72 bits per heavy atom. The van der Waals surface area contributed by atoms with Crippen LogP contribution in [-0.2, 0) is 19.1 Å². The summed E-state index contributed by atoms with van der Waals surface area (Å²) < 4.78 is 18.7. The van der Waals surface area contributed by atoms with E-state index in [-0.39, 0.29) is 35.6 Å². The summed E-state index contributed by atoms with van der Waals surface area (Å²) in [6, 6.07) is 13.1. The topological polar surface area (TPSA) is 75.7 Å². The van der Waals surface area contributed by atoms with Crippen LogP contribution in [0.3, 0.4) is 0 Å². The largest absolute Gasteiger partial charge is 0.455 e. The normalized spacial score (nSPS) is 17.1. The second-order valence-electron chi connectivity index (χ2n) is 6.81. The van der Waals surface area contributed by atoms with Crippen molar-refractivity contribution in [1.82, 2.24) is 4.90 Å². The van der Waals surface area contributed by atoms with Gasteiger partial charge in [-0.3, -0.25) is 14.4 Å². The quantitative estimate of drug-likeness (QED) is 0.728. The number of rotatable bonds is 6. The van der Waals surface area contributed by atoms with Gasteiger partial charge in [0.2, 0.25) is 5.91 Å². The standard InChI is InChI=1S/C21H20ClFN2O4/c1-13(14-5-3-2-4-6-14)25-11-15(9-20(25)27)21(28)29-12-19(26)24-18-10-16(22)7-8-17(18)23/h2-8,10,13,15H,9,11-12H2,1H3,(H,24,26)/t13-,15+/m1/s1. The van der Waals surface area contributed by atoms with Gasteiger partial charge in [0, 0.05) is 18.0 Å². The van der Waals surface area contributed by atoms with Crippen LogP contribution in [0.4, 0.5) is 10.1 Å². The first kappa shape index (κ1) is 20.8. The Balaban J connectivity index is 1.53. The number of likely N-dealkylation sites (tertiary alicyclic amines) is 1. The van der Waals surface area contributed by atoms with Gasteiger partial charge in [0.1, 0.15) is 5.82 Å². The smallest absolute Gasteiger partial charge is 0.311 e. The van der Waals surface area contributed by atoms with Crippen molar-refractivity contribution in [3.63, 3.8) is 0 Å². The van der Waals surface area contributed by atoms with Gasteiger partial charge in [0.15, 0.2) is 6.61 Å². The molecule has 6 nitrogen and oxygen atoms in total. The van der Waals surface area contributed by atoms with E-state index in [9.17, 15) is 18.8 Å². The zero-order chi connectivity index (χ0) is 21.0. The summed E-state index contributed by atoms with van der Waals surface area (Å²) in [5.41, 5.74) is 0.871. The lowest BCUT2D eigenvalue weighted by Crippen LogP contribution is -2.30. The number of benzene rings is 2. The van der Waals surface area contributed by atoms with Crippen molar-refractivity contribution in [2.75, 3.05) is 18.5 Å². The maximum absolute atomic E-state index is 13.7. The summed E-state index contributed by atoms with van der Waals surface area (Å²) in [5.74, 6) is -2.78. The number of nitrogens with zero attached hydrogens (tertiary/aromatic N) is 1. The number of nitrogens with one attached hydrogen (secondary N) is 1. The van der Waals surface area contributed by atoms with Gasteiger partial charge in [-0.25, -0.2) is 4.39 Å². The van der Waals surface area contributed by atoms with E-state index in [2.05, 4.69) is 5.32 Å². The fourth-order valence-corrected chi connectivity index (χ4v) is 3.38. The average Bonchev–Trinajstić information content (AvgIpc) is 3.10. The van der Waals surface area contributed by atoms with Crippen molar-refractivity contribution in [3.8, 4) is 0 Å². The lowest BCUT2D eigenvalue weighted by Gasteiger charge is -2.25. The van der Waals surface area contributed by atoms with Gasteiger partial charge in [-0.1, -0.05) is 41.9 Å². The van der Waals surface area contributed by atoms with Crippen LogP contribution in [0.25, 0.3) is 0 Å². The first-order valence-electron chi connectivity index (χ1n) is 9.11. The molecule has 0 saturated carbocycles. The highest BCUT2D eigenvalue weighted by Gasteiger charge is 2.38. The highest BCUT2D eigenvalue weighted by molar-refractivity contribution is 6.30. The molecule has 1 saturated heterocycles. The molecule has 1 aliphatic heterocycles. The lowest BCUT2D eigenvalue weighted by molar-refractivity contribution is -0.151. The summed E-state index contributed by atoms with van der Waals surface area (Å²) in [6.45, 7) is 1.54. The molecule has 29 heavy (non-hydrogen) atoms. The summed E-state index contributed by atoms with van der Waals surface area (Å²) in [4.78, 5) is 38.2. The van der Waals surface area contributed by atoms with Gasteiger partial charge in [0.25, 0.3) is 5.91 Å². The molecule has 0 spiro atoms. The molecule has 0 aromatic heterocycles. The van der Waals surface area contributed by atoms with Crippen molar-refractivity contribution < 1.29 is 23.5 Å². The number of carbonyl (C=O) groups excluding carboxylic acids is 3. The number of halogens is 2. The van der Waals surface area contributed by atoms with Crippen LogP contribution in [0.1, 0.15) is 24.9 Å². The number of ether oxygens (including phenoxy) is 1. The summed E-state index contributed by atoms with van der Waals surface area (Å²) in [6.07, 6.45) is 0.0283. The maximum Gasteiger partial charge on any atom is 0.311 e. The first-order valence-corrected chi connectivity index (χ1v) is 9.49. The molecule has 2 atom stereocenters. The minimum absolute atomic E-state index is 0.0283. The maximum atomic E-state index is 13.7. The van der Waals surface area contributed by atoms with Crippen LogP contribution in [0, 0.1) is 11.7 Å². The summed E-state index contributed by atoms with van der Waals surface area (Å²) >= 11 is 5.77. The molecular weight excluding hydrogens is 399 g/mol. The van der Waals surface area contributed by atoms with Crippen LogP contribution in [0.5, 0.6) is 0 Å². The van der Waals surface area contributed by atoms with Crippen molar-refractivity contribution >= 4 is 35.1 Å². The van der Waals surface area contributed by atoms with Gasteiger partial charge < -0.3 is 15.0 Å². The van der Waals surface area contributed by atoms with Crippen LogP contribution in [0.2, 0.25) is 5.02 Å². The minimum atomic E-state index is -0.696. The molecule has 0 aliphatic carbocycles. The van der Waals surface area contributed by atoms with Crippen LogP contribution < -0.4 is 5.32 Å². The Morgan fingerprint density at radius 1 is 1.28 bits per heavy atom. The van der Waals surface area contributed by atoms with E-state index in [1.807, 2.05) is 37.3 Å². The molecule has 8 heteroatoms. The molecular formula is C21H20ClFN2O4. The lowest BCUT2D eigenvalue weighted by atomic mass is 10.1. The van der Waals surface area contributed by atoms with Crippen molar-refractivity contribution in [2.24, 2.45) is 5.92 Å². The number of esters is 1. The van der Waals surface area contributed by atoms with E-state index in [0.717, 1.165) is 11.6 Å². The number of anilines is 1. The Hall–Kier alpha value is -2.93. The summed E-state index contributed by atoms with van der Waals surface area (Å²) in [5, 5.41) is 2.56. The van der Waals surface area contributed by atoms with Crippen molar-refractivity contribution in [1.29, 1.82) is 0 Å². The number of hydrogen-bond acceptors (Lipinski definition) is 4. The minimum Gasteiger partial charge on any atom is -0.455 e. The Kier molecular flexibility index (Phi) is 6.49. The summed E-state index contributed by atoms with van der Waals surface area (Å²) in [7, 11) is 0. The second kappa shape index (κ2) is 9.05. The molecule has 2 amide bonds. The zero-order valence-corrected chi connectivity index (χ0v) is 16.5. The molecule has 0 unspecified atom stereocenters. The molecule has 2 aromatic carbocycles. The van der Waals surface area contributed by atoms with Crippen LogP contribution >= 0.6 is 11.6 Å². The highest BCUT2D eigenvalue weighted by atomic mass is 35.5. The van der Waals surface area contributed by atoms with Gasteiger partial charge in [-0.15, -0.1) is 0 Å². The Labute approximate surface area is 172 Å². The molecule has 0 bridgehead atoms. The number of carbonyl (C=O) groups is 3. The number of amides is 2. The Morgan fingerprint density at radius 2 is 2.00 bits per heavy atom. The fourth-order valence-electron chi connectivity index (χ4n) is 3.21. The van der Waals surface area contributed by atoms with E-state index >= 15 is 0 Å². The third kappa shape index (κ3) is 5.12. The molecule has 2 aromatic rings. The monoisotopic (exact) mass is 418 g/mol. The molecule has 3 rings (SSSR count). The highest BCUT2D eigenvalue weighted by Crippen LogP contribution is 2.29. The van der Waals surface area contributed by atoms with Crippen LogP contribution in [0.15, 0.2) is 48.5 Å². The SMILES string of the molecule is C[C@H](c1ccccc1)N1C[C@@H](C(=O)OCC(=O)Nc2cc(Cl)ccc2F)CC1=O. The predicted molar refractivity (Wildman–Crippen MR) is 106 cm³/mol.